The van der Waals surface area contributed by atoms with Crippen molar-refractivity contribution >= 4 is 5.78 Å². The number of benzene rings is 2. The van der Waals surface area contributed by atoms with Crippen LogP contribution in [0.5, 0.6) is 0 Å². The highest BCUT2D eigenvalue weighted by atomic mass is 16.1. The van der Waals surface area contributed by atoms with Gasteiger partial charge in [0.15, 0.2) is 5.78 Å². The summed E-state index contributed by atoms with van der Waals surface area (Å²) in [4.78, 5) is 14.9. The maximum absolute atomic E-state index is 12.7. The van der Waals surface area contributed by atoms with E-state index in [1.807, 2.05) is 48.5 Å². The van der Waals surface area contributed by atoms with Crippen molar-refractivity contribution in [1.82, 2.24) is 4.90 Å². The van der Waals surface area contributed by atoms with Gasteiger partial charge in [-0.05, 0) is 19.4 Å². The molecule has 0 radical (unpaired) electrons. The van der Waals surface area contributed by atoms with Gasteiger partial charge in [0.05, 0.1) is 12.1 Å². The van der Waals surface area contributed by atoms with Gasteiger partial charge in [-0.1, -0.05) is 60.7 Å². The molecule has 0 saturated carbocycles. The fourth-order valence-corrected chi connectivity index (χ4v) is 2.95. The summed E-state index contributed by atoms with van der Waals surface area (Å²) < 4.78 is 0. The molecule has 1 heterocycles. The number of rotatable bonds is 4. The standard InChI is InChI=1S/C18H19NO/c1-13(2)19-16(14-9-5-3-6-10-14)17(19)18(20)15-11-7-4-8-12-15/h3-13,16-17H,1-2H3/t16-,17-,19?/m0/s1. The Morgan fingerprint density at radius 2 is 1.50 bits per heavy atom. The Morgan fingerprint density at radius 1 is 0.950 bits per heavy atom. The smallest absolute Gasteiger partial charge is 0.181 e. The van der Waals surface area contributed by atoms with Crippen molar-refractivity contribution in [1.29, 1.82) is 0 Å². The van der Waals surface area contributed by atoms with Crippen LogP contribution in [0, 0.1) is 0 Å². The lowest BCUT2D eigenvalue weighted by molar-refractivity contribution is 0.0969. The van der Waals surface area contributed by atoms with Crippen molar-refractivity contribution in [2.45, 2.75) is 32.0 Å². The number of hydrogen-bond donors (Lipinski definition) is 0. The van der Waals surface area contributed by atoms with Gasteiger partial charge in [-0.3, -0.25) is 9.69 Å². The zero-order valence-corrected chi connectivity index (χ0v) is 11.9. The molecule has 2 aromatic rings. The summed E-state index contributed by atoms with van der Waals surface area (Å²) in [7, 11) is 0. The molecule has 2 nitrogen and oxygen atoms in total. The van der Waals surface area contributed by atoms with Gasteiger partial charge in [-0.2, -0.15) is 0 Å². The predicted molar refractivity (Wildman–Crippen MR) is 80.7 cm³/mol. The van der Waals surface area contributed by atoms with Crippen molar-refractivity contribution in [3.63, 3.8) is 0 Å². The first-order valence-corrected chi connectivity index (χ1v) is 7.12. The summed E-state index contributed by atoms with van der Waals surface area (Å²) in [5, 5.41) is 0. The molecule has 102 valence electrons. The minimum atomic E-state index is -0.0141. The molecule has 0 bridgehead atoms. The molecule has 2 heteroatoms. The summed E-state index contributed by atoms with van der Waals surface area (Å²) in [6.45, 7) is 4.29. The second-order valence-electron chi connectivity index (χ2n) is 5.57. The van der Waals surface area contributed by atoms with E-state index in [0.717, 1.165) is 5.56 Å². The predicted octanol–water partition coefficient (Wildman–Crippen LogP) is 3.70. The Morgan fingerprint density at radius 3 is 2.05 bits per heavy atom. The average Bonchev–Trinajstić information content (AvgIpc) is 3.24. The highest BCUT2D eigenvalue weighted by molar-refractivity contribution is 6.02. The topological polar surface area (TPSA) is 20.1 Å². The molecule has 0 aromatic heterocycles. The maximum atomic E-state index is 12.7. The van der Waals surface area contributed by atoms with Gasteiger partial charge in [0.25, 0.3) is 0 Å². The van der Waals surface area contributed by atoms with Crippen molar-refractivity contribution in [2.75, 3.05) is 0 Å². The van der Waals surface area contributed by atoms with E-state index in [1.165, 1.54) is 5.56 Å². The van der Waals surface area contributed by atoms with Crippen LogP contribution in [0.4, 0.5) is 0 Å². The van der Waals surface area contributed by atoms with E-state index in [2.05, 4.69) is 30.9 Å². The fourth-order valence-electron chi connectivity index (χ4n) is 2.95. The number of carbonyl (C=O) groups is 1. The van der Waals surface area contributed by atoms with Crippen LogP contribution in [0.25, 0.3) is 0 Å². The molecular formula is C18H19NO. The SMILES string of the molecule is CC(C)N1[C@H](C(=O)c2ccccc2)[C@@H]1c1ccccc1. The zero-order valence-electron chi connectivity index (χ0n) is 11.9. The molecule has 0 aliphatic carbocycles. The highest BCUT2D eigenvalue weighted by Gasteiger charge is 2.54. The maximum Gasteiger partial charge on any atom is 0.181 e. The van der Waals surface area contributed by atoms with Crippen LogP contribution < -0.4 is 0 Å². The van der Waals surface area contributed by atoms with Crippen LogP contribution in [0.2, 0.25) is 0 Å². The lowest BCUT2D eigenvalue weighted by Crippen LogP contribution is -2.18. The van der Waals surface area contributed by atoms with Crippen molar-refractivity contribution in [3.05, 3.63) is 71.8 Å². The van der Waals surface area contributed by atoms with E-state index >= 15 is 0 Å². The Bertz CT molecular complexity index is 591. The molecule has 1 saturated heterocycles. The van der Waals surface area contributed by atoms with E-state index in [9.17, 15) is 4.79 Å². The molecule has 0 N–H and O–H groups in total. The number of hydrogen-bond acceptors (Lipinski definition) is 2. The summed E-state index contributed by atoms with van der Waals surface area (Å²) >= 11 is 0. The Labute approximate surface area is 120 Å². The fraction of sp³-hybridized carbons (Fsp3) is 0.278. The molecule has 2 aromatic carbocycles. The largest absolute Gasteiger partial charge is 0.292 e. The first-order valence-electron chi connectivity index (χ1n) is 7.12. The molecule has 0 spiro atoms. The van der Waals surface area contributed by atoms with Crippen molar-refractivity contribution < 1.29 is 4.79 Å². The van der Waals surface area contributed by atoms with Gasteiger partial charge in [0, 0.05) is 11.6 Å². The number of nitrogens with zero attached hydrogens (tertiary/aromatic N) is 1. The van der Waals surface area contributed by atoms with Crippen LogP contribution in [0.15, 0.2) is 60.7 Å². The Balaban J connectivity index is 1.88. The summed E-state index contributed by atoms with van der Waals surface area (Å²) in [5.74, 6) is 0.230. The van der Waals surface area contributed by atoms with Crippen molar-refractivity contribution in [3.8, 4) is 0 Å². The van der Waals surface area contributed by atoms with Gasteiger partial charge in [0.1, 0.15) is 0 Å². The van der Waals surface area contributed by atoms with E-state index in [1.54, 1.807) is 0 Å². The van der Waals surface area contributed by atoms with Gasteiger partial charge in [-0.25, -0.2) is 0 Å². The number of ketones is 1. The van der Waals surface area contributed by atoms with E-state index in [0.29, 0.717) is 6.04 Å². The molecule has 1 aliphatic heterocycles. The first kappa shape index (κ1) is 13.1. The highest BCUT2D eigenvalue weighted by Crippen LogP contribution is 2.46. The lowest BCUT2D eigenvalue weighted by atomic mass is 10.0. The third-order valence-electron chi connectivity index (χ3n) is 3.92. The monoisotopic (exact) mass is 265 g/mol. The number of Topliss-reactive ketones (excluding diaryl/α,β-unsaturated/α-hetero) is 1. The minimum absolute atomic E-state index is 0.0141. The van der Waals surface area contributed by atoms with Gasteiger partial charge >= 0.3 is 0 Å². The quantitative estimate of drug-likeness (QED) is 0.620. The van der Waals surface area contributed by atoms with E-state index in [4.69, 9.17) is 0 Å². The lowest BCUT2D eigenvalue weighted by Gasteiger charge is -2.07. The van der Waals surface area contributed by atoms with Crippen molar-refractivity contribution in [2.24, 2.45) is 0 Å². The van der Waals surface area contributed by atoms with Crippen LogP contribution in [0.3, 0.4) is 0 Å². The summed E-state index contributed by atoms with van der Waals surface area (Å²) in [6.07, 6.45) is 0. The van der Waals surface area contributed by atoms with Crippen LogP contribution >= 0.6 is 0 Å². The second-order valence-corrected chi connectivity index (χ2v) is 5.57. The second kappa shape index (κ2) is 5.22. The number of carbonyl (C=O) groups excluding carboxylic acids is 1. The first-order chi connectivity index (χ1) is 9.70. The van der Waals surface area contributed by atoms with Crippen LogP contribution in [-0.4, -0.2) is 22.8 Å². The van der Waals surface area contributed by atoms with Gasteiger partial charge < -0.3 is 0 Å². The van der Waals surface area contributed by atoms with Crippen LogP contribution in [-0.2, 0) is 0 Å². The molecule has 3 rings (SSSR count). The molecule has 0 amide bonds. The zero-order chi connectivity index (χ0) is 14.1. The summed E-state index contributed by atoms with van der Waals surface area (Å²) in [5.41, 5.74) is 2.04. The molecule has 1 unspecified atom stereocenters. The molecule has 1 fully saturated rings. The van der Waals surface area contributed by atoms with E-state index in [-0.39, 0.29) is 17.9 Å². The van der Waals surface area contributed by atoms with Gasteiger partial charge in [0.2, 0.25) is 0 Å². The molecule has 3 atom stereocenters. The van der Waals surface area contributed by atoms with Gasteiger partial charge in [-0.15, -0.1) is 0 Å². The third-order valence-corrected chi connectivity index (χ3v) is 3.92. The van der Waals surface area contributed by atoms with E-state index < -0.39 is 0 Å². The average molecular weight is 265 g/mol. The normalized spacial score (nSPS) is 24.6. The molecule has 1 aliphatic rings. The van der Waals surface area contributed by atoms with Crippen LogP contribution in [0.1, 0.15) is 35.8 Å². The third kappa shape index (κ3) is 2.27. The Hall–Kier alpha value is -1.93. The summed E-state index contributed by atoms with van der Waals surface area (Å²) in [6, 6.07) is 20.5. The molecular weight excluding hydrogens is 246 g/mol. The Kier molecular flexibility index (Phi) is 3.41. The molecule has 20 heavy (non-hydrogen) atoms. The minimum Gasteiger partial charge on any atom is -0.292 e.